The van der Waals surface area contributed by atoms with Gasteiger partial charge in [-0.15, -0.1) is 11.3 Å². The van der Waals surface area contributed by atoms with Crippen LogP contribution in [0, 0.1) is 0 Å². The number of thiophene rings is 1. The van der Waals surface area contributed by atoms with Gasteiger partial charge in [-0.05, 0) is 18.9 Å². The van der Waals surface area contributed by atoms with Crippen LogP contribution < -0.4 is 0 Å². The van der Waals surface area contributed by atoms with Gasteiger partial charge >= 0.3 is 5.97 Å². The number of carbonyl (C=O) groups is 2. The first-order valence-electron chi connectivity index (χ1n) is 7.53. The lowest BCUT2D eigenvalue weighted by Crippen LogP contribution is -2.06. The van der Waals surface area contributed by atoms with Crippen LogP contribution >= 0.6 is 11.3 Å². The van der Waals surface area contributed by atoms with Crippen LogP contribution in [-0.4, -0.2) is 18.4 Å². The Hall–Kier alpha value is -1.94. The lowest BCUT2D eigenvalue weighted by molar-refractivity contribution is -0.143. The van der Waals surface area contributed by atoms with Crippen LogP contribution in [0.4, 0.5) is 0 Å². The van der Waals surface area contributed by atoms with Crippen molar-refractivity contribution in [2.24, 2.45) is 0 Å². The number of hydrogen-bond donors (Lipinski definition) is 0. The first-order valence-corrected chi connectivity index (χ1v) is 8.41. The molecule has 0 unspecified atom stereocenters. The van der Waals surface area contributed by atoms with E-state index in [0.717, 1.165) is 17.7 Å². The normalized spacial score (nSPS) is 10.4. The fourth-order valence-corrected chi connectivity index (χ4v) is 2.88. The molecule has 0 aliphatic heterocycles. The molecule has 116 valence electrons. The van der Waals surface area contributed by atoms with E-state index in [1.807, 2.05) is 41.8 Å². The van der Waals surface area contributed by atoms with Gasteiger partial charge in [-0.1, -0.05) is 43.7 Å². The predicted octanol–water partition coefficient (Wildman–Crippen LogP) is 4.26. The van der Waals surface area contributed by atoms with Crippen molar-refractivity contribution < 1.29 is 14.3 Å². The average Bonchev–Trinajstić information content (AvgIpc) is 3.02. The summed E-state index contributed by atoms with van der Waals surface area (Å²) in [6, 6.07) is 11.1. The number of ether oxygens (including phenoxy) is 1. The third kappa shape index (κ3) is 4.81. The lowest BCUT2D eigenvalue weighted by Gasteiger charge is -2.02. The highest BCUT2D eigenvalue weighted by Crippen LogP contribution is 2.19. The number of unbranched alkanes of at least 4 members (excludes halogenated alkanes) is 1. The second-order valence-electron chi connectivity index (χ2n) is 5.07. The molecule has 0 atom stereocenters. The van der Waals surface area contributed by atoms with Gasteiger partial charge < -0.3 is 4.74 Å². The summed E-state index contributed by atoms with van der Waals surface area (Å²) < 4.78 is 5.13. The summed E-state index contributed by atoms with van der Waals surface area (Å²) in [7, 11) is 0. The molecular formula is C18H20O3S. The molecule has 0 saturated carbocycles. The zero-order chi connectivity index (χ0) is 15.8. The van der Waals surface area contributed by atoms with E-state index >= 15 is 0 Å². The van der Waals surface area contributed by atoms with Gasteiger partial charge in [-0.3, -0.25) is 9.59 Å². The fraction of sp³-hybridized carbons (Fsp3) is 0.333. The largest absolute Gasteiger partial charge is 0.466 e. The maximum atomic E-state index is 12.3. The standard InChI is InChI=1S/C18H20O3S/c1-2-3-11-21-17(19)10-9-16-12-15(13-22-16)18(20)14-7-5-4-6-8-14/h4-8,12-13H,2-3,9-11H2,1H3. The van der Waals surface area contributed by atoms with Crippen LogP contribution in [0.25, 0.3) is 0 Å². The summed E-state index contributed by atoms with van der Waals surface area (Å²) in [5.74, 6) is -0.147. The molecule has 0 aliphatic carbocycles. The van der Waals surface area contributed by atoms with Crippen LogP contribution in [-0.2, 0) is 16.0 Å². The molecule has 1 aromatic heterocycles. The first-order chi connectivity index (χ1) is 10.7. The molecular weight excluding hydrogens is 296 g/mol. The van der Waals surface area contributed by atoms with E-state index in [0.29, 0.717) is 30.6 Å². The van der Waals surface area contributed by atoms with E-state index in [1.54, 1.807) is 0 Å². The van der Waals surface area contributed by atoms with E-state index in [4.69, 9.17) is 4.74 Å². The number of aryl methyl sites for hydroxylation is 1. The molecule has 22 heavy (non-hydrogen) atoms. The first kappa shape index (κ1) is 16.4. The van der Waals surface area contributed by atoms with Gasteiger partial charge in [0.2, 0.25) is 0 Å². The van der Waals surface area contributed by atoms with Gasteiger partial charge in [-0.25, -0.2) is 0 Å². The van der Waals surface area contributed by atoms with E-state index in [9.17, 15) is 9.59 Å². The molecule has 0 saturated heterocycles. The minimum Gasteiger partial charge on any atom is -0.466 e. The Bertz CT molecular complexity index is 616. The second kappa shape index (κ2) is 8.49. The molecule has 2 aromatic rings. The Morgan fingerprint density at radius 2 is 1.91 bits per heavy atom. The summed E-state index contributed by atoms with van der Waals surface area (Å²) in [5.41, 5.74) is 1.37. The lowest BCUT2D eigenvalue weighted by atomic mass is 10.1. The van der Waals surface area contributed by atoms with E-state index in [-0.39, 0.29) is 11.8 Å². The van der Waals surface area contributed by atoms with E-state index in [2.05, 4.69) is 6.92 Å². The number of hydrogen-bond acceptors (Lipinski definition) is 4. The Morgan fingerprint density at radius 1 is 1.14 bits per heavy atom. The van der Waals surface area contributed by atoms with Crippen molar-refractivity contribution in [1.82, 2.24) is 0 Å². The van der Waals surface area contributed by atoms with Gasteiger partial charge in [0.25, 0.3) is 0 Å². The van der Waals surface area contributed by atoms with Crippen molar-refractivity contribution in [2.75, 3.05) is 6.61 Å². The monoisotopic (exact) mass is 316 g/mol. The predicted molar refractivity (Wildman–Crippen MR) is 88.4 cm³/mol. The molecule has 1 aromatic carbocycles. The van der Waals surface area contributed by atoms with Crippen LogP contribution in [0.15, 0.2) is 41.8 Å². The molecule has 0 bridgehead atoms. The highest BCUT2D eigenvalue weighted by atomic mass is 32.1. The number of esters is 1. The zero-order valence-corrected chi connectivity index (χ0v) is 13.5. The Balaban J connectivity index is 1.86. The molecule has 3 nitrogen and oxygen atoms in total. The maximum absolute atomic E-state index is 12.3. The number of rotatable bonds is 8. The van der Waals surface area contributed by atoms with E-state index < -0.39 is 0 Å². The van der Waals surface area contributed by atoms with E-state index in [1.165, 1.54) is 11.3 Å². The molecule has 0 N–H and O–H groups in total. The second-order valence-corrected chi connectivity index (χ2v) is 6.07. The van der Waals surface area contributed by atoms with Gasteiger partial charge in [0.15, 0.2) is 5.78 Å². The number of ketones is 1. The molecule has 1 heterocycles. The van der Waals surface area contributed by atoms with Gasteiger partial charge in [0, 0.05) is 21.4 Å². The highest BCUT2D eigenvalue weighted by Gasteiger charge is 2.12. The topological polar surface area (TPSA) is 43.4 Å². The zero-order valence-electron chi connectivity index (χ0n) is 12.7. The SMILES string of the molecule is CCCCOC(=O)CCc1cc(C(=O)c2ccccc2)cs1. The molecule has 0 amide bonds. The molecule has 2 rings (SSSR count). The minimum absolute atomic E-state index is 0.0219. The maximum Gasteiger partial charge on any atom is 0.306 e. The summed E-state index contributed by atoms with van der Waals surface area (Å²) in [5, 5.41) is 1.85. The smallest absolute Gasteiger partial charge is 0.306 e. The Labute approximate surface area is 134 Å². The van der Waals surface area contributed by atoms with Crippen molar-refractivity contribution in [2.45, 2.75) is 32.6 Å². The van der Waals surface area contributed by atoms with Crippen LogP contribution in [0.2, 0.25) is 0 Å². The number of carbonyl (C=O) groups excluding carboxylic acids is 2. The number of benzene rings is 1. The molecule has 0 spiro atoms. The van der Waals surface area contributed by atoms with Gasteiger partial charge in [0.05, 0.1) is 13.0 Å². The Morgan fingerprint density at radius 3 is 2.64 bits per heavy atom. The van der Waals surface area contributed by atoms with Crippen molar-refractivity contribution in [3.63, 3.8) is 0 Å². The summed E-state index contributed by atoms with van der Waals surface area (Å²) in [6.07, 6.45) is 2.91. The van der Waals surface area contributed by atoms with Crippen LogP contribution in [0.5, 0.6) is 0 Å². The summed E-state index contributed by atoms with van der Waals surface area (Å²) in [4.78, 5) is 24.9. The summed E-state index contributed by atoms with van der Waals surface area (Å²) >= 11 is 1.51. The van der Waals surface area contributed by atoms with Crippen LogP contribution in [0.1, 0.15) is 47.0 Å². The quantitative estimate of drug-likeness (QED) is 0.415. The molecule has 4 heteroatoms. The van der Waals surface area contributed by atoms with Crippen molar-refractivity contribution in [3.05, 3.63) is 57.8 Å². The minimum atomic E-state index is -0.169. The summed E-state index contributed by atoms with van der Waals surface area (Å²) in [6.45, 7) is 2.56. The van der Waals surface area contributed by atoms with Crippen molar-refractivity contribution in [3.8, 4) is 0 Å². The Kier molecular flexibility index (Phi) is 6.34. The molecule has 0 fully saturated rings. The van der Waals surface area contributed by atoms with Gasteiger partial charge in [0.1, 0.15) is 0 Å². The van der Waals surface area contributed by atoms with Crippen molar-refractivity contribution >= 4 is 23.1 Å². The fourth-order valence-electron chi connectivity index (χ4n) is 2.01. The average molecular weight is 316 g/mol. The van der Waals surface area contributed by atoms with Crippen molar-refractivity contribution in [1.29, 1.82) is 0 Å². The third-order valence-corrected chi connectivity index (χ3v) is 4.28. The molecule has 0 aliphatic rings. The molecule has 0 radical (unpaired) electrons. The highest BCUT2D eigenvalue weighted by molar-refractivity contribution is 7.10. The van der Waals surface area contributed by atoms with Crippen LogP contribution in [0.3, 0.4) is 0 Å². The van der Waals surface area contributed by atoms with Gasteiger partial charge in [-0.2, -0.15) is 0 Å². The third-order valence-electron chi connectivity index (χ3n) is 3.29.